The van der Waals surface area contributed by atoms with Crippen molar-refractivity contribution in [1.29, 1.82) is 0 Å². The minimum atomic E-state index is -0.282. The van der Waals surface area contributed by atoms with E-state index in [1.54, 1.807) is 0 Å². The molecular formula is C12H15NO3. The molecule has 0 spiro atoms. The van der Waals surface area contributed by atoms with Crippen LogP contribution in [0.2, 0.25) is 0 Å². The van der Waals surface area contributed by atoms with E-state index < -0.39 is 0 Å². The van der Waals surface area contributed by atoms with Gasteiger partial charge in [-0.15, -0.1) is 0 Å². The summed E-state index contributed by atoms with van der Waals surface area (Å²) in [5.41, 5.74) is 1.13. The summed E-state index contributed by atoms with van der Waals surface area (Å²) in [5, 5.41) is 9.12. The molecule has 0 bridgehead atoms. The van der Waals surface area contributed by atoms with Crippen LogP contribution in [0.25, 0.3) is 0 Å². The molecule has 16 heavy (non-hydrogen) atoms. The van der Waals surface area contributed by atoms with Crippen molar-refractivity contribution in [1.82, 2.24) is 4.90 Å². The van der Waals surface area contributed by atoms with Gasteiger partial charge in [-0.25, -0.2) is 0 Å². The van der Waals surface area contributed by atoms with Crippen molar-refractivity contribution in [3.63, 3.8) is 0 Å². The summed E-state index contributed by atoms with van der Waals surface area (Å²) in [7, 11) is 1.37. The van der Waals surface area contributed by atoms with Crippen LogP contribution >= 0.6 is 0 Å². The van der Waals surface area contributed by atoms with E-state index in [0.29, 0.717) is 6.54 Å². The molecule has 0 amide bonds. The van der Waals surface area contributed by atoms with E-state index in [1.807, 2.05) is 35.2 Å². The number of rotatable bonds is 4. The second kappa shape index (κ2) is 4.63. The van der Waals surface area contributed by atoms with Crippen molar-refractivity contribution in [3.8, 4) is 0 Å². The lowest BCUT2D eigenvalue weighted by molar-refractivity contribution is -0.141. The predicted molar refractivity (Wildman–Crippen MR) is 58.7 cm³/mol. The number of carbonyl (C=O) groups is 1. The molecule has 0 aliphatic carbocycles. The number of carbonyl (C=O) groups excluding carboxylic acids is 1. The molecule has 0 aromatic heterocycles. The summed E-state index contributed by atoms with van der Waals surface area (Å²) < 4.78 is 4.68. The first-order valence-electron chi connectivity index (χ1n) is 5.26. The lowest BCUT2D eigenvalue weighted by Gasteiger charge is -2.03. The van der Waals surface area contributed by atoms with E-state index in [9.17, 15) is 4.79 Å². The average molecular weight is 221 g/mol. The molecule has 1 aromatic carbocycles. The Balaban J connectivity index is 1.99. The molecule has 3 atom stereocenters. The van der Waals surface area contributed by atoms with Gasteiger partial charge in [0.1, 0.15) is 6.04 Å². The van der Waals surface area contributed by atoms with Gasteiger partial charge in [0.05, 0.1) is 19.8 Å². The number of benzene rings is 1. The Hall–Kier alpha value is -1.39. The first-order chi connectivity index (χ1) is 7.77. The largest absolute Gasteiger partial charge is 0.468 e. The Morgan fingerprint density at radius 2 is 2.12 bits per heavy atom. The molecule has 0 radical (unpaired) electrons. The van der Waals surface area contributed by atoms with Gasteiger partial charge in [-0.1, -0.05) is 30.3 Å². The summed E-state index contributed by atoms with van der Waals surface area (Å²) in [5.74, 6) is -0.269. The minimum Gasteiger partial charge on any atom is -0.468 e. The van der Waals surface area contributed by atoms with Gasteiger partial charge in [-0.3, -0.25) is 9.69 Å². The molecule has 4 heteroatoms. The maximum Gasteiger partial charge on any atom is 0.324 e. The molecule has 1 aliphatic heterocycles. The molecule has 86 valence electrons. The van der Waals surface area contributed by atoms with E-state index in [4.69, 9.17) is 5.11 Å². The monoisotopic (exact) mass is 221 g/mol. The highest BCUT2D eigenvalue weighted by Crippen LogP contribution is 2.31. The van der Waals surface area contributed by atoms with Crippen LogP contribution in [0.1, 0.15) is 5.56 Å². The third-order valence-corrected chi connectivity index (χ3v) is 2.90. The van der Waals surface area contributed by atoms with Gasteiger partial charge in [0.2, 0.25) is 0 Å². The van der Waals surface area contributed by atoms with E-state index in [-0.39, 0.29) is 24.7 Å². The highest BCUT2D eigenvalue weighted by atomic mass is 16.5. The molecule has 4 nitrogen and oxygen atoms in total. The maximum absolute atomic E-state index is 11.4. The SMILES string of the molecule is COC(=O)[C@H]1[C@@H](CO)N1Cc1ccccc1. The minimum absolute atomic E-state index is 0.00734. The first kappa shape index (κ1) is 11.1. The third kappa shape index (κ3) is 2.08. The Labute approximate surface area is 94.4 Å². The highest BCUT2D eigenvalue weighted by Gasteiger charge is 2.52. The van der Waals surface area contributed by atoms with Gasteiger partial charge >= 0.3 is 5.97 Å². The molecule has 1 unspecified atom stereocenters. The van der Waals surface area contributed by atoms with Crippen molar-refractivity contribution in [2.45, 2.75) is 18.6 Å². The average Bonchev–Trinajstić information content (AvgIpc) is 3.02. The van der Waals surface area contributed by atoms with E-state index >= 15 is 0 Å². The van der Waals surface area contributed by atoms with Crippen LogP contribution in [0.3, 0.4) is 0 Å². The molecule has 1 heterocycles. The van der Waals surface area contributed by atoms with Crippen LogP contribution in [-0.4, -0.2) is 41.8 Å². The van der Waals surface area contributed by atoms with Crippen molar-refractivity contribution in [3.05, 3.63) is 35.9 Å². The highest BCUT2D eigenvalue weighted by molar-refractivity contribution is 5.80. The Kier molecular flexibility index (Phi) is 3.22. The van der Waals surface area contributed by atoms with E-state index in [2.05, 4.69) is 4.74 Å². The number of hydrogen-bond acceptors (Lipinski definition) is 4. The first-order valence-corrected chi connectivity index (χ1v) is 5.26. The number of methoxy groups -OCH3 is 1. The van der Waals surface area contributed by atoms with Gasteiger partial charge in [0, 0.05) is 6.54 Å². The number of hydrogen-bond donors (Lipinski definition) is 1. The quantitative estimate of drug-likeness (QED) is 0.591. The molecular weight excluding hydrogens is 206 g/mol. The van der Waals surface area contributed by atoms with Crippen LogP contribution in [0, 0.1) is 0 Å². The van der Waals surface area contributed by atoms with Crippen LogP contribution in [0.5, 0.6) is 0 Å². The summed E-state index contributed by atoms with van der Waals surface area (Å²) in [6.07, 6.45) is 0. The van der Waals surface area contributed by atoms with Crippen LogP contribution in [-0.2, 0) is 16.1 Å². The second-order valence-electron chi connectivity index (χ2n) is 3.88. The van der Waals surface area contributed by atoms with Gasteiger partial charge < -0.3 is 9.84 Å². The number of esters is 1. The summed E-state index contributed by atoms with van der Waals surface area (Å²) >= 11 is 0. The fourth-order valence-electron chi connectivity index (χ4n) is 1.96. The smallest absolute Gasteiger partial charge is 0.324 e. The van der Waals surface area contributed by atoms with Crippen LogP contribution in [0.4, 0.5) is 0 Å². The lowest BCUT2D eigenvalue weighted by atomic mass is 10.2. The fraction of sp³-hybridized carbons (Fsp3) is 0.417. The van der Waals surface area contributed by atoms with Crippen molar-refractivity contribution >= 4 is 5.97 Å². The number of nitrogens with zero attached hydrogens (tertiary/aromatic N) is 1. The second-order valence-corrected chi connectivity index (χ2v) is 3.88. The zero-order valence-electron chi connectivity index (χ0n) is 9.17. The standard InChI is InChI=1S/C12H15NO3/c1-16-12(15)11-10(8-14)13(11)7-9-5-3-2-4-6-9/h2-6,10-11,14H,7-8H2,1H3/t10-,11-,13?/m1/s1. The zero-order valence-corrected chi connectivity index (χ0v) is 9.17. The molecule has 1 fully saturated rings. The summed E-state index contributed by atoms with van der Waals surface area (Å²) in [6.45, 7) is 0.665. The summed E-state index contributed by atoms with van der Waals surface area (Å²) in [6, 6.07) is 9.50. The van der Waals surface area contributed by atoms with E-state index in [0.717, 1.165) is 5.56 Å². The van der Waals surface area contributed by atoms with Crippen molar-refractivity contribution in [2.75, 3.05) is 13.7 Å². The molecule has 0 saturated carbocycles. The Bertz CT molecular complexity index is 366. The zero-order chi connectivity index (χ0) is 11.5. The normalized spacial score (nSPS) is 27.5. The van der Waals surface area contributed by atoms with E-state index in [1.165, 1.54) is 7.11 Å². The molecule has 1 aliphatic rings. The lowest BCUT2D eigenvalue weighted by Crippen LogP contribution is -2.15. The Morgan fingerprint density at radius 3 is 2.69 bits per heavy atom. The topological polar surface area (TPSA) is 49.5 Å². The third-order valence-electron chi connectivity index (χ3n) is 2.90. The van der Waals surface area contributed by atoms with Gasteiger partial charge in [-0.2, -0.15) is 0 Å². The fourth-order valence-corrected chi connectivity index (χ4v) is 1.96. The Morgan fingerprint density at radius 1 is 1.44 bits per heavy atom. The molecule has 1 saturated heterocycles. The molecule has 1 aromatic rings. The number of aliphatic hydroxyl groups excluding tert-OH is 1. The van der Waals surface area contributed by atoms with Crippen LogP contribution in [0.15, 0.2) is 30.3 Å². The van der Waals surface area contributed by atoms with Gasteiger partial charge in [0.25, 0.3) is 0 Å². The number of aliphatic hydroxyl groups is 1. The van der Waals surface area contributed by atoms with Crippen LogP contribution < -0.4 is 0 Å². The number of ether oxygens (including phenoxy) is 1. The predicted octanol–water partition coefficient (Wildman–Crippen LogP) is 0.405. The maximum atomic E-state index is 11.4. The van der Waals surface area contributed by atoms with Gasteiger partial charge in [0.15, 0.2) is 0 Å². The van der Waals surface area contributed by atoms with Crippen molar-refractivity contribution in [2.24, 2.45) is 0 Å². The molecule has 1 N–H and O–H groups in total. The van der Waals surface area contributed by atoms with Gasteiger partial charge in [-0.05, 0) is 5.56 Å². The van der Waals surface area contributed by atoms with Crippen molar-refractivity contribution < 1.29 is 14.6 Å². The molecule has 2 rings (SSSR count). The summed E-state index contributed by atoms with van der Waals surface area (Å²) in [4.78, 5) is 13.3.